The number of ether oxygens (including phenoxy) is 1. The Hall–Kier alpha value is -2.97. The lowest BCUT2D eigenvalue weighted by Gasteiger charge is -2.10. The quantitative estimate of drug-likeness (QED) is 0.167. The molecule has 31 heavy (non-hydrogen) atoms. The molecule has 0 aliphatic heterocycles. The molecule has 0 spiro atoms. The second-order valence-corrected chi connectivity index (χ2v) is 7.27. The van der Waals surface area contributed by atoms with Crippen molar-refractivity contribution in [2.45, 2.75) is 78.1 Å². The van der Waals surface area contributed by atoms with Gasteiger partial charge in [-0.25, -0.2) is 9.98 Å². The van der Waals surface area contributed by atoms with Crippen LogP contribution in [0.1, 0.15) is 78.1 Å². The largest absolute Gasteiger partial charge is 0.491 e. The van der Waals surface area contributed by atoms with Crippen LogP contribution in [0.15, 0.2) is 28.2 Å². The van der Waals surface area contributed by atoms with E-state index < -0.39 is 5.97 Å². The molecule has 0 saturated heterocycles. The Morgan fingerprint density at radius 3 is 1.84 bits per heavy atom. The highest BCUT2D eigenvalue weighted by atomic mass is 16.5. The molecule has 1 rings (SSSR count). The summed E-state index contributed by atoms with van der Waals surface area (Å²) in [6, 6.07) is 5.23. The number of benzene rings is 1. The molecule has 0 aromatic heterocycles. The van der Waals surface area contributed by atoms with Crippen molar-refractivity contribution in [1.82, 2.24) is 0 Å². The predicted molar refractivity (Wildman–Crippen MR) is 128 cm³/mol. The molecule has 0 radical (unpaired) electrons. The van der Waals surface area contributed by atoms with Crippen LogP contribution in [0.4, 0.5) is 11.4 Å². The summed E-state index contributed by atoms with van der Waals surface area (Å²) in [7, 11) is 0. The van der Waals surface area contributed by atoms with Gasteiger partial charge in [-0.1, -0.05) is 64.7 Å². The lowest BCUT2D eigenvalue weighted by atomic mass is 10.1. The van der Waals surface area contributed by atoms with Gasteiger partial charge >= 0.3 is 0 Å². The van der Waals surface area contributed by atoms with Crippen molar-refractivity contribution in [2.75, 3.05) is 6.61 Å². The third-order valence-electron chi connectivity index (χ3n) is 4.21. The third-order valence-corrected chi connectivity index (χ3v) is 4.21. The number of hydrogen-bond donors (Lipinski definition) is 5. The molecule has 0 fully saturated rings. The van der Waals surface area contributed by atoms with Crippen molar-refractivity contribution in [1.29, 1.82) is 0 Å². The van der Waals surface area contributed by atoms with Crippen LogP contribution in [-0.4, -0.2) is 29.6 Å². The van der Waals surface area contributed by atoms with Crippen LogP contribution < -0.4 is 27.7 Å². The molecule has 1 aromatic carbocycles. The van der Waals surface area contributed by atoms with E-state index in [9.17, 15) is 0 Å². The standard InChI is InChI=1S/C20H36N6O.C2H4O2/c1-2-3-4-5-6-7-8-9-10-11-14-27-18-13-12-16(25-19(21)22)15-17(18)26-20(23)24;1-2(3)4/h12-13,15H,2-11,14H2,1H3,(H4,21,22,25)(H4,23,24,26);1H3,(H,3,4). The van der Waals surface area contributed by atoms with Crippen molar-refractivity contribution in [3.8, 4) is 5.75 Å². The van der Waals surface area contributed by atoms with Crippen LogP contribution >= 0.6 is 0 Å². The van der Waals surface area contributed by atoms with Gasteiger partial charge in [0, 0.05) is 6.92 Å². The fraction of sp³-hybridized carbons (Fsp3) is 0.591. The lowest BCUT2D eigenvalue weighted by molar-refractivity contribution is -0.134. The Bertz CT molecular complexity index is 680. The fourth-order valence-corrected chi connectivity index (χ4v) is 2.84. The predicted octanol–water partition coefficient (Wildman–Crippen LogP) is 3.89. The molecule has 0 atom stereocenters. The maximum absolute atomic E-state index is 9.00. The Balaban J connectivity index is 0.00000206. The van der Waals surface area contributed by atoms with Crippen LogP contribution in [0.25, 0.3) is 0 Å². The van der Waals surface area contributed by atoms with E-state index in [0.717, 1.165) is 13.3 Å². The van der Waals surface area contributed by atoms with Gasteiger partial charge in [0.15, 0.2) is 11.9 Å². The zero-order valence-corrected chi connectivity index (χ0v) is 19.0. The molecule has 9 heteroatoms. The van der Waals surface area contributed by atoms with Crippen LogP contribution in [-0.2, 0) is 4.79 Å². The van der Waals surface area contributed by atoms with Crippen molar-refractivity contribution in [2.24, 2.45) is 32.9 Å². The number of aliphatic imine (C=N–C) groups is 2. The van der Waals surface area contributed by atoms with Gasteiger partial charge in [0.2, 0.25) is 0 Å². The van der Waals surface area contributed by atoms with Gasteiger partial charge in [-0.2, -0.15) is 0 Å². The molecular formula is C22H40N6O3. The van der Waals surface area contributed by atoms with E-state index in [1.807, 2.05) is 0 Å². The Morgan fingerprint density at radius 1 is 0.871 bits per heavy atom. The Kier molecular flexibility index (Phi) is 16.1. The van der Waals surface area contributed by atoms with E-state index in [2.05, 4.69) is 16.9 Å². The van der Waals surface area contributed by atoms with Crippen molar-refractivity contribution in [3.05, 3.63) is 18.2 Å². The first kappa shape index (κ1) is 28.0. The van der Waals surface area contributed by atoms with Crippen molar-refractivity contribution in [3.63, 3.8) is 0 Å². The number of hydrogen-bond acceptors (Lipinski definition) is 4. The first-order chi connectivity index (χ1) is 14.8. The number of carboxylic acids is 1. The average molecular weight is 437 g/mol. The van der Waals surface area contributed by atoms with E-state index >= 15 is 0 Å². The Morgan fingerprint density at radius 2 is 1.35 bits per heavy atom. The zero-order chi connectivity index (χ0) is 23.5. The molecule has 0 heterocycles. The van der Waals surface area contributed by atoms with Crippen LogP contribution in [0, 0.1) is 0 Å². The smallest absolute Gasteiger partial charge is 0.300 e. The Labute approximate surface area is 185 Å². The number of carboxylic acid groups (broad SMARTS) is 1. The summed E-state index contributed by atoms with van der Waals surface area (Å²) < 4.78 is 5.84. The lowest BCUT2D eigenvalue weighted by Crippen LogP contribution is -2.22. The summed E-state index contributed by atoms with van der Waals surface area (Å²) in [4.78, 5) is 17.1. The summed E-state index contributed by atoms with van der Waals surface area (Å²) in [5.41, 5.74) is 22.9. The number of rotatable bonds is 14. The van der Waals surface area contributed by atoms with Crippen LogP contribution in [0.2, 0.25) is 0 Å². The van der Waals surface area contributed by atoms with Gasteiger partial charge in [0.1, 0.15) is 11.4 Å². The second kappa shape index (κ2) is 17.9. The number of aliphatic carboxylic acids is 1. The molecule has 0 unspecified atom stereocenters. The molecule has 0 amide bonds. The normalized spacial score (nSPS) is 9.87. The molecule has 9 N–H and O–H groups in total. The first-order valence-corrected chi connectivity index (χ1v) is 10.9. The molecule has 0 saturated carbocycles. The molecule has 176 valence electrons. The minimum absolute atomic E-state index is 0.0234. The van der Waals surface area contributed by atoms with Crippen LogP contribution in [0.3, 0.4) is 0 Å². The molecule has 0 bridgehead atoms. The molecular weight excluding hydrogens is 396 g/mol. The summed E-state index contributed by atoms with van der Waals surface area (Å²) in [6.45, 7) is 3.96. The maximum Gasteiger partial charge on any atom is 0.300 e. The number of guanidine groups is 2. The zero-order valence-electron chi connectivity index (χ0n) is 19.0. The average Bonchev–Trinajstić information content (AvgIpc) is 2.66. The minimum atomic E-state index is -0.833. The monoisotopic (exact) mass is 436 g/mol. The summed E-state index contributed by atoms with van der Waals surface area (Å²) in [5.74, 6) is -0.279. The van der Waals surface area contributed by atoms with Crippen LogP contribution in [0.5, 0.6) is 5.75 Å². The molecule has 9 nitrogen and oxygen atoms in total. The van der Waals surface area contributed by atoms with E-state index in [0.29, 0.717) is 23.7 Å². The number of unbranched alkanes of at least 4 members (excludes halogenated alkanes) is 9. The third kappa shape index (κ3) is 17.6. The number of nitrogens with zero attached hydrogens (tertiary/aromatic N) is 2. The van der Waals surface area contributed by atoms with Crippen molar-refractivity contribution < 1.29 is 14.6 Å². The van der Waals surface area contributed by atoms with E-state index in [-0.39, 0.29) is 11.9 Å². The fourth-order valence-electron chi connectivity index (χ4n) is 2.84. The summed E-state index contributed by atoms with van der Waals surface area (Å²) in [6.07, 6.45) is 12.9. The van der Waals surface area contributed by atoms with Gasteiger partial charge in [-0.15, -0.1) is 0 Å². The SMILES string of the molecule is CC(=O)O.CCCCCCCCCCCCOc1ccc(N=C(N)N)cc1N=C(N)N. The van der Waals surface area contributed by atoms with Gasteiger partial charge in [0.05, 0.1) is 12.3 Å². The maximum atomic E-state index is 9.00. The van der Waals surface area contributed by atoms with E-state index in [4.69, 9.17) is 37.6 Å². The number of nitrogens with two attached hydrogens (primary N) is 4. The van der Waals surface area contributed by atoms with Gasteiger partial charge in [0.25, 0.3) is 5.97 Å². The number of carbonyl (C=O) groups is 1. The molecule has 0 aliphatic rings. The summed E-state index contributed by atoms with van der Waals surface area (Å²) >= 11 is 0. The molecule has 0 aliphatic carbocycles. The highest BCUT2D eigenvalue weighted by molar-refractivity contribution is 5.82. The first-order valence-electron chi connectivity index (χ1n) is 10.9. The topological polar surface area (TPSA) is 175 Å². The molecule has 1 aromatic rings. The van der Waals surface area contributed by atoms with Crippen molar-refractivity contribution >= 4 is 29.3 Å². The van der Waals surface area contributed by atoms with Gasteiger partial charge < -0.3 is 32.8 Å². The minimum Gasteiger partial charge on any atom is -0.491 e. The second-order valence-electron chi connectivity index (χ2n) is 7.27. The highest BCUT2D eigenvalue weighted by Gasteiger charge is 2.05. The van der Waals surface area contributed by atoms with E-state index in [1.165, 1.54) is 57.8 Å². The van der Waals surface area contributed by atoms with Gasteiger partial charge in [-0.3, -0.25) is 4.79 Å². The van der Waals surface area contributed by atoms with E-state index in [1.54, 1.807) is 18.2 Å². The van der Waals surface area contributed by atoms with Gasteiger partial charge in [-0.05, 0) is 24.6 Å². The highest BCUT2D eigenvalue weighted by Crippen LogP contribution is 2.32. The summed E-state index contributed by atoms with van der Waals surface area (Å²) in [5, 5.41) is 7.42.